The van der Waals surface area contributed by atoms with E-state index in [4.69, 9.17) is 5.73 Å². The van der Waals surface area contributed by atoms with E-state index in [1.54, 1.807) is 4.90 Å². The molecule has 1 aromatic carbocycles. The fourth-order valence-corrected chi connectivity index (χ4v) is 2.86. The first-order chi connectivity index (χ1) is 9.47. The van der Waals surface area contributed by atoms with Crippen molar-refractivity contribution < 1.29 is 13.6 Å². The third-order valence-corrected chi connectivity index (χ3v) is 4.07. The van der Waals surface area contributed by atoms with Gasteiger partial charge in [-0.25, -0.2) is 8.78 Å². The SMILES string of the molecule is NC1CCN(C(=O)c2cc3cc(Br)c(F)c(F)c3[nH]2)C1. The molecule has 0 bridgehead atoms. The number of amides is 1. The average molecular weight is 344 g/mol. The lowest BCUT2D eigenvalue weighted by Gasteiger charge is -2.14. The fraction of sp³-hybridized carbons (Fsp3) is 0.308. The second kappa shape index (κ2) is 4.82. The molecule has 2 aromatic rings. The molecule has 0 spiro atoms. The number of nitrogens with zero attached hydrogens (tertiary/aromatic N) is 1. The molecule has 3 N–H and O–H groups in total. The van der Waals surface area contributed by atoms with Gasteiger partial charge in [-0.2, -0.15) is 0 Å². The van der Waals surface area contributed by atoms with E-state index >= 15 is 0 Å². The molecule has 0 saturated carbocycles. The maximum atomic E-state index is 13.8. The normalized spacial score (nSPS) is 19.0. The van der Waals surface area contributed by atoms with Crippen molar-refractivity contribution in [3.8, 4) is 0 Å². The number of hydrogen-bond donors (Lipinski definition) is 2. The molecular formula is C13H12BrF2N3O. The van der Waals surface area contributed by atoms with Crippen LogP contribution in [-0.2, 0) is 0 Å². The Morgan fingerprint density at radius 2 is 2.15 bits per heavy atom. The van der Waals surface area contributed by atoms with Crippen LogP contribution in [0.5, 0.6) is 0 Å². The molecule has 1 amide bonds. The van der Waals surface area contributed by atoms with Crippen molar-refractivity contribution in [2.75, 3.05) is 13.1 Å². The van der Waals surface area contributed by atoms with Crippen LogP contribution in [-0.4, -0.2) is 34.9 Å². The summed E-state index contributed by atoms with van der Waals surface area (Å²) in [5.74, 6) is -2.21. The van der Waals surface area contributed by atoms with Crippen LogP contribution >= 0.6 is 15.9 Å². The number of aromatic nitrogens is 1. The fourth-order valence-electron chi connectivity index (χ4n) is 2.44. The number of nitrogens with one attached hydrogen (secondary N) is 1. The van der Waals surface area contributed by atoms with Crippen molar-refractivity contribution in [3.63, 3.8) is 0 Å². The Labute approximate surface area is 122 Å². The van der Waals surface area contributed by atoms with Gasteiger partial charge < -0.3 is 15.6 Å². The first kappa shape index (κ1) is 13.5. The molecule has 3 rings (SSSR count). The number of halogens is 3. The van der Waals surface area contributed by atoms with Crippen molar-refractivity contribution in [1.29, 1.82) is 0 Å². The van der Waals surface area contributed by atoms with Crippen molar-refractivity contribution in [1.82, 2.24) is 9.88 Å². The van der Waals surface area contributed by atoms with Gasteiger partial charge in [-0.05, 0) is 34.5 Å². The molecule has 20 heavy (non-hydrogen) atoms. The predicted molar refractivity (Wildman–Crippen MR) is 74.4 cm³/mol. The van der Waals surface area contributed by atoms with Gasteiger partial charge in [0, 0.05) is 24.5 Å². The summed E-state index contributed by atoms with van der Waals surface area (Å²) in [7, 11) is 0. The monoisotopic (exact) mass is 343 g/mol. The summed E-state index contributed by atoms with van der Waals surface area (Å²) in [5, 5.41) is 0.447. The Hall–Kier alpha value is -1.47. The number of rotatable bonds is 1. The summed E-state index contributed by atoms with van der Waals surface area (Å²) in [6.07, 6.45) is 0.751. The molecule has 1 saturated heterocycles. The summed E-state index contributed by atoms with van der Waals surface area (Å²) in [4.78, 5) is 16.5. The van der Waals surface area contributed by atoms with Crippen molar-refractivity contribution in [2.24, 2.45) is 5.73 Å². The van der Waals surface area contributed by atoms with Crippen LogP contribution < -0.4 is 5.73 Å². The third-order valence-electron chi connectivity index (χ3n) is 3.49. The number of aromatic amines is 1. The molecule has 1 aromatic heterocycles. The Bertz CT molecular complexity index is 700. The van der Waals surface area contributed by atoms with E-state index in [1.807, 2.05) is 0 Å². The van der Waals surface area contributed by atoms with E-state index in [2.05, 4.69) is 20.9 Å². The van der Waals surface area contributed by atoms with Gasteiger partial charge in [0.05, 0.1) is 9.99 Å². The van der Waals surface area contributed by atoms with E-state index in [1.165, 1.54) is 12.1 Å². The van der Waals surface area contributed by atoms with Crippen molar-refractivity contribution >= 4 is 32.7 Å². The second-order valence-corrected chi connectivity index (χ2v) is 5.79. The number of fused-ring (bicyclic) bond motifs is 1. The highest BCUT2D eigenvalue weighted by Crippen LogP contribution is 2.28. The molecule has 0 aliphatic carbocycles. The van der Waals surface area contributed by atoms with Crippen LogP contribution in [0.4, 0.5) is 8.78 Å². The Kier molecular flexibility index (Phi) is 3.25. The largest absolute Gasteiger partial charge is 0.348 e. The second-order valence-electron chi connectivity index (χ2n) is 4.93. The topological polar surface area (TPSA) is 62.1 Å². The van der Waals surface area contributed by atoms with E-state index in [0.29, 0.717) is 18.5 Å². The van der Waals surface area contributed by atoms with Gasteiger partial charge in [0.2, 0.25) is 0 Å². The van der Waals surface area contributed by atoms with Gasteiger partial charge in [0.1, 0.15) is 5.69 Å². The lowest BCUT2D eigenvalue weighted by molar-refractivity contribution is 0.0786. The van der Waals surface area contributed by atoms with Gasteiger partial charge in [-0.3, -0.25) is 4.79 Å². The van der Waals surface area contributed by atoms with E-state index in [-0.39, 0.29) is 27.6 Å². The minimum absolute atomic E-state index is 0.00227. The molecule has 2 heterocycles. The summed E-state index contributed by atoms with van der Waals surface area (Å²) >= 11 is 2.95. The lowest BCUT2D eigenvalue weighted by atomic mass is 10.2. The van der Waals surface area contributed by atoms with Gasteiger partial charge in [0.25, 0.3) is 5.91 Å². The molecule has 1 aliphatic rings. The minimum atomic E-state index is -0.994. The standard InChI is InChI=1S/C13H12BrF2N3O/c14-8-3-6-4-9(18-12(6)11(16)10(8)15)13(20)19-2-1-7(17)5-19/h3-4,7,18H,1-2,5,17H2. The first-order valence-electron chi connectivity index (χ1n) is 6.18. The summed E-state index contributed by atoms with van der Waals surface area (Å²) < 4.78 is 27.3. The van der Waals surface area contributed by atoms with Crippen molar-refractivity contribution in [2.45, 2.75) is 12.5 Å². The Morgan fingerprint density at radius 1 is 1.40 bits per heavy atom. The molecule has 106 valence electrons. The number of likely N-dealkylation sites (tertiary alicyclic amines) is 1. The summed E-state index contributed by atoms with van der Waals surface area (Å²) in [6.45, 7) is 1.06. The molecule has 0 radical (unpaired) electrons. The van der Waals surface area contributed by atoms with Gasteiger partial charge >= 0.3 is 0 Å². The molecule has 4 nitrogen and oxygen atoms in total. The summed E-state index contributed by atoms with van der Waals surface area (Å²) in [6, 6.07) is 2.94. The van der Waals surface area contributed by atoms with E-state index < -0.39 is 11.6 Å². The number of carbonyl (C=O) groups excluding carboxylic acids is 1. The zero-order valence-electron chi connectivity index (χ0n) is 10.4. The predicted octanol–water partition coefficient (Wildman–Crippen LogP) is 2.38. The number of nitrogens with two attached hydrogens (primary N) is 1. The number of benzene rings is 1. The van der Waals surface area contributed by atoms with E-state index in [9.17, 15) is 13.6 Å². The molecule has 7 heteroatoms. The van der Waals surface area contributed by atoms with Crippen LogP contribution in [0.1, 0.15) is 16.9 Å². The van der Waals surface area contributed by atoms with Crippen LogP contribution in [0.2, 0.25) is 0 Å². The average Bonchev–Trinajstić information content (AvgIpc) is 3.02. The van der Waals surface area contributed by atoms with Crippen LogP contribution in [0, 0.1) is 11.6 Å². The van der Waals surface area contributed by atoms with Crippen molar-refractivity contribution in [3.05, 3.63) is 33.9 Å². The molecular weight excluding hydrogens is 332 g/mol. The molecule has 1 unspecified atom stereocenters. The van der Waals surface area contributed by atoms with Crippen LogP contribution in [0.15, 0.2) is 16.6 Å². The maximum absolute atomic E-state index is 13.8. The third kappa shape index (κ3) is 2.10. The van der Waals surface area contributed by atoms with Gasteiger partial charge in [-0.15, -0.1) is 0 Å². The Morgan fingerprint density at radius 3 is 2.80 bits per heavy atom. The number of hydrogen-bond acceptors (Lipinski definition) is 2. The molecule has 1 fully saturated rings. The highest BCUT2D eigenvalue weighted by Gasteiger charge is 2.26. The lowest BCUT2D eigenvalue weighted by Crippen LogP contribution is -2.32. The van der Waals surface area contributed by atoms with Gasteiger partial charge in [0.15, 0.2) is 11.6 Å². The number of carbonyl (C=O) groups is 1. The highest BCUT2D eigenvalue weighted by molar-refractivity contribution is 9.10. The Balaban J connectivity index is 2.01. The number of H-pyrrole nitrogens is 1. The minimum Gasteiger partial charge on any atom is -0.348 e. The van der Waals surface area contributed by atoms with Crippen LogP contribution in [0.3, 0.4) is 0 Å². The first-order valence-corrected chi connectivity index (χ1v) is 6.97. The molecule has 1 atom stereocenters. The zero-order valence-corrected chi connectivity index (χ0v) is 12.0. The zero-order chi connectivity index (χ0) is 14.4. The van der Waals surface area contributed by atoms with Gasteiger partial charge in [-0.1, -0.05) is 0 Å². The quantitative estimate of drug-likeness (QED) is 0.781. The molecule has 1 aliphatic heterocycles. The van der Waals surface area contributed by atoms with E-state index in [0.717, 1.165) is 6.42 Å². The van der Waals surface area contributed by atoms with Crippen LogP contribution in [0.25, 0.3) is 10.9 Å². The maximum Gasteiger partial charge on any atom is 0.270 e. The summed E-state index contributed by atoms with van der Waals surface area (Å²) in [5.41, 5.74) is 6.00. The smallest absolute Gasteiger partial charge is 0.270 e. The highest BCUT2D eigenvalue weighted by atomic mass is 79.9.